The Morgan fingerprint density at radius 1 is 0.267 bits per heavy atom. The lowest BCUT2D eigenvalue weighted by Gasteiger charge is -2.11. The SMILES string of the molecule is c1ccc(-c2ccc(-c3cccc(-c4cccc(-n5c6ccccc6c6cc(-c7ccc8c(c7)c7ccccc7n8-c7ccc8ccccc8c7)ccc65)n4)c3)cc2)cc1. The summed E-state index contributed by atoms with van der Waals surface area (Å²) in [6.07, 6.45) is 0. The molecule has 0 atom stereocenters. The van der Waals surface area contributed by atoms with Gasteiger partial charge in [0.05, 0.1) is 27.8 Å². The second-order valence-electron chi connectivity index (χ2n) is 15.6. The first kappa shape index (κ1) is 34.1. The summed E-state index contributed by atoms with van der Waals surface area (Å²) < 4.78 is 4.71. The average Bonchev–Trinajstić information content (AvgIpc) is 3.84. The van der Waals surface area contributed by atoms with Gasteiger partial charge in [0.15, 0.2) is 0 Å². The average molecular weight is 764 g/mol. The molecule has 3 aromatic heterocycles. The molecule has 0 amide bonds. The minimum atomic E-state index is 0.895. The van der Waals surface area contributed by atoms with Crippen LogP contribution in [0.15, 0.2) is 224 Å². The van der Waals surface area contributed by atoms with Gasteiger partial charge in [-0.2, -0.15) is 0 Å². The fourth-order valence-electron chi connectivity index (χ4n) is 9.20. The Hall–Kier alpha value is -8.01. The number of rotatable bonds is 6. The van der Waals surface area contributed by atoms with E-state index in [0.29, 0.717) is 0 Å². The van der Waals surface area contributed by atoms with Gasteiger partial charge in [-0.15, -0.1) is 0 Å². The molecule has 0 saturated heterocycles. The molecule has 0 fully saturated rings. The molecule has 0 N–H and O–H groups in total. The summed E-state index contributed by atoms with van der Waals surface area (Å²) in [7, 11) is 0. The standard InChI is InChI=1S/C57H37N3/c1-2-12-38(13-3-1)40-24-26-41(27-25-40)42-16-10-17-46(34-42)52-20-11-23-57(58-52)60-54-22-9-7-19-49(54)51-37-45(30-33-56(51)60)44-29-32-55-50(36-44)48-18-6-8-21-53(48)59(55)47-31-28-39-14-4-5-15-43(39)35-47/h1-37H. The van der Waals surface area contributed by atoms with Crippen molar-refractivity contribution in [1.29, 1.82) is 0 Å². The molecule has 60 heavy (non-hydrogen) atoms. The first-order chi connectivity index (χ1) is 29.7. The molecule has 0 saturated carbocycles. The summed E-state index contributed by atoms with van der Waals surface area (Å²) >= 11 is 0. The predicted molar refractivity (Wildman–Crippen MR) is 252 cm³/mol. The molecule has 280 valence electrons. The van der Waals surface area contributed by atoms with Crippen LogP contribution >= 0.6 is 0 Å². The Morgan fingerprint density at radius 3 is 1.50 bits per heavy atom. The van der Waals surface area contributed by atoms with Crippen LogP contribution in [0.25, 0.3) is 111 Å². The molecule has 0 spiro atoms. The Morgan fingerprint density at radius 2 is 0.767 bits per heavy atom. The summed E-state index contributed by atoms with van der Waals surface area (Å²) in [5.74, 6) is 0.895. The van der Waals surface area contributed by atoms with Crippen molar-refractivity contribution in [2.24, 2.45) is 0 Å². The van der Waals surface area contributed by atoms with Crippen molar-refractivity contribution in [3.05, 3.63) is 224 Å². The van der Waals surface area contributed by atoms with Crippen LogP contribution in [0, 0.1) is 0 Å². The van der Waals surface area contributed by atoms with E-state index in [0.717, 1.165) is 28.1 Å². The molecule has 12 rings (SSSR count). The van der Waals surface area contributed by atoms with E-state index in [4.69, 9.17) is 4.98 Å². The largest absolute Gasteiger partial charge is 0.309 e. The second-order valence-corrected chi connectivity index (χ2v) is 15.6. The number of fused-ring (bicyclic) bond motifs is 7. The lowest BCUT2D eigenvalue weighted by molar-refractivity contribution is 1.08. The number of nitrogens with zero attached hydrogens (tertiary/aromatic N) is 3. The van der Waals surface area contributed by atoms with Gasteiger partial charge < -0.3 is 4.57 Å². The van der Waals surface area contributed by atoms with Gasteiger partial charge in [0, 0.05) is 32.8 Å². The highest BCUT2D eigenvalue weighted by Gasteiger charge is 2.17. The van der Waals surface area contributed by atoms with Crippen LogP contribution in [-0.4, -0.2) is 14.1 Å². The molecule has 0 aliphatic rings. The maximum absolute atomic E-state index is 5.32. The summed E-state index contributed by atoms with van der Waals surface area (Å²) in [6, 6.07) is 81.0. The van der Waals surface area contributed by atoms with Gasteiger partial charge in [0.25, 0.3) is 0 Å². The van der Waals surface area contributed by atoms with Crippen LogP contribution in [0.1, 0.15) is 0 Å². The zero-order valence-corrected chi connectivity index (χ0v) is 32.7. The topological polar surface area (TPSA) is 22.8 Å². The highest BCUT2D eigenvalue weighted by Crippen LogP contribution is 2.39. The molecule has 3 heterocycles. The molecule has 0 bridgehead atoms. The van der Waals surface area contributed by atoms with E-state index in [1.165, 1.54) is 82.4 Å². The molecule has 9 aromatic carbocycles. The Labute approximate surface area is 347 Å². The number of aromatic nitrogens is 3. The lowest BCUT2D eigenvalue weighted by Crippen LogP contribution is -1.98. The van der Waals surface area contributed by atoms with Crippen molar-refractivity contribution in [3.8, 4) is 56.1 Å². The number of hydrogen-bond acceptors (Lipinski definition) is 1. The maximum Gasteiger partial charge on any atom is 0.138 e. The Balaban J connectivity index is 0.929. The summed E-state index contributed by atoms with van der Waals surface area (Å²) in [5.41, 5.74) is 15.0. The third kappa shape index (κ3) is 5.63. The number of pyridine rings is 1. The van der Waals surface area contributed by atoms with E-state index < -0.39 is 0 Å². The first-order valence-electron chi connectivity index (χ1n) is 20.5. The van der Waals surface area contributed by atoms with Crippen molar-refractivity contribution in [3.63, 3.8) is 0 Å². The Bertz CT molecular complexity index is 3590. The third-order valence-electron chi connectivity index (χ3n) is 12.1. The minimum absolute atomic E-state index is 0.895. The molecule has 0 aliphatic carbocycles. The minimum Gasteiger partial charge on any atom is -0.309 e. The molecule has 0 radical (unpaired) electrons. The molecular weight excluding hydrogens is 727 g/mol. The van der Waals surface area contributed by atoms with Crippen molar-refractivity contribution in [1.82, 2.24) is 14.1 Å². The summed E-state index contributed by atoms with van der Waals surface area (Å²) in [5, 5.41) is 7.38. The van der Waals surface area contributed by atoms with Gasteiger partial charge in [0.1, 0.15) is 5.82 Å². The number of benzene rings is 9. The highest BCUT2D eigenvalue weighted by atomic mass is 15.1. The number of para-hydroxylation sites is 2. The molecule has 3 nitrogen and oxygen atoms in total. The van der Waals surface area contributed by atoms with Crippen molar-refractivity contribution in [2.45, 2.75) is 0 Å². The lowest BCUT2D eigenvalue weighted by atomic mass is 9.98. The fourth-order valence-corrected chi connectivity index (χ4v) is 9.20. The van der Waals surface area contributed by atoms with Crippen LogP contribution < -0.4 is 0 Å². The predicted octanol–water partition coefficient (Wildman–Crippen LogP) is 15.1. The van der Waals surface area contributed by atoms with Gasteiger partial charge in [0.2, 0.25) is 0 Å². The number of hydrogen-bond donors (Lipinski definition) is 0. The van der Waals surface area contributed by atoms with Crippen molar-refractivity contribution in [2.75, 3.05) is 0 Å². The van der Waals surface area contributed by atoms with E-state index in [1.807, 2.05) is 0 Å². The first-order valence-corrected chi connectivity index (χ1v) is 20.5. The van der Waals surface area contributed by atoms with Crippen LogP contribution in [-0.2, 0) is 0 Å². The quantitative estimate of drug-likeness (QED) is 0.165. The Kier molecular flexibility index (Phi) is 7.85. The van der Waals surface area contributed by atoms with Crippen molar-refractivity contribution >= 4 is 54.4 Å². The summed E-state index contributed by atoms with van der Waals surface area (Å²) in [4.78, 5) is 5.32. The van der Waals surface area contributed by atoms with Gasteiger partial charge >= 0.3 is 0 Å². The van der Waals surface area contributed by atoms with Crippen LogP contribution in [0.2, 0.25) is 0 Å². The van der Waals surface area contributed by atoms with E-state index in [9.17, 15) is 0 Å². The molecule has 3 heteroatoms. The van der Waals surface area contributed by atoms with E-state index in [-0.39, 0.29) is 0 Å². The van der Waals surface area contributed by atoms with Gasteiger partial charge in [-0.05, 0) is 111 Å². The smallest absolute Gasteiger partial charge is 0.138 e. The zero-order chi connectivity index (χ0) is 39.6. The highest BCUT2D eigenvalue weighted by molar-refractivity contribution is 6.12. The zero-order valence-electron chi connectivity index (χ0n) is 32.7. The van der Waals surface area contributed by atoms with Crippen LogP contribution in [0.4, 0.5) is 0 Å². The van der Waals surface area contributed by atoms with Crippen molar-refractivity contribution < 1.29 is 0 Å². The van der Waals surface area contributed by atoms with Gasteiger partial charge in [-0.1, -0.05) is 158 Å². The molecule has 0 unspecified atom stereocenters. The van der Waals surface area contributed by atoms with Gasteiger partial charge in [-0.3, -0.25) is 4.57 Å². The monoisotopic (exact) mass is 763 g/mol. The molecule has 0 aliphatic heterocycles. The van der Waals surface area contributed by atoms with Gasteiger partial charge in [-0.25, -0.2) is 4.98 Å². The van der Waals surface area contributed by atoms with E-state index in [1.54, 1.807) is 0 Å². The fraction of sp³-hybridized carbons (Fsp3) is 0. The normalized spacial score (nSPS) is 11.7. The van der Waals surface area contributed by atoms with Crippen LogP contribution in [0.3, 0.4) is 0 Å². The van der Waals surface area contributed by atoms with Crippen LogP contribution in [0.5, 0.6) is 0 Å². The maximum atomic E-state index is 5.32. The summed E-state index contributed by atoms with van der Waals surface area (Å²) in [6.45, 7) is 0. The second kappa shape index (κ2) is 13.8. The third-order valence-corrected chi connectivity index (χ3v) is 12.1. The molecular formula is C57H37N3. The molecule has 12 aromatic rings. The van der Waals surface area contributed by atoms with E-state index in [2.05, 4.69) is 234 Å². The van der Waals surface area contributed by atoms with E-state index >= 15 is 0 Å².